The summed E-state index contributed by atoms with van der Waals surface area (Å²) in [5.74, 6) is 1.65. The van der Waals surface area contributed by atoms with Gasteiger partial charge in [-0.1, -0.05) is 38.1 Å². The van der Waals surface area contributed by atoms with Gasteiger partial charge in [-0.15, -0.1) is 0 Å². The summed E-state index contributed by atoms with van der Waals surface area (Å²) in [6.07, 6.45) is 0.677. The van der Waals surface area contributed by atoms with Crippen LogP contribution in [0.15, 0.2) is 48.5 Å². The van der Waals surface area contributed by atoms with Crippen LogP contribution in [-0.2, 0) is 13.0 Å². The smallest absolute Gasteiger partial charge is 0.127 e. The standard InChI is InChI=1S/C18H23NO2/c1-14(2)19-13-16-4-3-5-18(12-16)21-17-8-6-15(7-9-17)10-11-20/h3-9,12,14,19-20H,10-11,13H2,1-2H3. The topological polar surface area (TPSA) is 41.5 Å². The molecular formula is C18H23NO2. The van der Waals surface area contributed by atoms with E-state index in [-0.39, 0.29) is 6.61 Å². The molecule has 112 valence electrons. The number of hydrogen-bond donors (Lipinski definition) is 2. The number of hydrogen-bond acceptors (Lipinski definition) is 3. The van der Waals surface area contributed by atoms with E-state index in [4.69, 9.17) is 9.84 Å². The van der Waals surface area contributed by atoms with Gasteiger partial charge in [0.05, 0.1) is 0 Å². The van der Waals surface area contributed by atoms with Gasteiger partial charge < -0.3 is 15.2 Å². The minimum atomic E-state index is 0.172. The molecule has 2 aromatic rings. The van der Waals surface area contributed by atoms with Crippen molar-refractivity contribution in [2.75, 3.05) is 6.61 Å². The summed E-state index contributed by atoms with van der Waals surface area (Å²) in [4.78, 5) is 0. The number of aliphatic hydroxyl groups is 1. The molecule has 0 amide bonds. The second-order valence-corrected chi connectivity index (χ2v) is 5.40. The SMILES string of the molecule is CC(C)NCc1cccc(Oc2ccc(CCO)cc2)c1. The lowest BCUT2D eigenvalue weighted by Gasteiger charge is -2.10. The molecule has 0 fully saturated rings. The Kier molecular flexibility index (Phi) is 5.78. The van der Waals surface area contributed by atoms with Crippen molar-refractivity contribution in [3.63, 3.8) is 0 Å². The zero-order chi connectivity index (χ0) is 15.1. The molecule has 0 aliphatic rings. The molecule has 2 N–H and O–H groups in total. The van der Waals surface area contributed by atoms with Crippen molar-refractivity contribution in [3.8, 4) is 11.5 Å². The molecule has 3 nitrogen and oxygen atoms in total. The minimum absolute atomic E-state index is 0.172. The van der Waals surface area contributed by atoms with Crippen molar-refractivity contribution in [1.82, 2.24) is 5.32 Å². The summed E-state index contributed by atoms with van der Waals surface area (Å²) in [5.41, 5.74) is 2.32. The Morgan fingerprint density at radius 1 is 1.00 bits per heavy atom. The van der Waals surface area contributed by atoms with Crippen LogP contribution in [0.1, 0.15) is 25.0 Å². The summed E-state index contributed by atoms with van der Waals surface area (Å²) in [5, 5.41) is 12.3. The zero-order valence-electron chi connectivity index (χ0n) is 12.7. The molecule has 21 heavy (non-hydrogen) atoms. The lowest BCUT2D eigenvalue weighted by molar-refractivity contribution is 0.299. The number of rotatable bonds is 7. The van der Waals surface area contributed by atoms with Crippen molar-refractivity contribution in [1.29, 1.82) is 0 Å². The fraction of sp³-hybridized carbons (Fsp3) is 0.333. The van der Waals surface area contributed by atoms with E-state index in [1.807, 2.05) is 36.4 Å². The number of nitrogens with one attached hydrogen (secondary N) is 1. The van der Waals surface area contributed by atoms with Crippen molar-refractivity contribution in [2.24, 2.45) is 0 Å². The average Bonchev–Trinajstić information content (AvgIpc) is 2.48. The quantitative estimate of drug-likeness (QED) is 0.818. The predicted molar refractivity (Wildman–Crippen MR) is 85.7 cm³/mol. The van der Waals surface area contributed by atoms with Crippen LogP contribution >= 0.6 is 0 Å². The lowest BCUT2D eigenvalue weighted by atomic mass is 10.1. The lowest BCUT2D eigenvalue weighted by Crippen LogP contribution is -2.21. The van der Waals surface area contributed by atoms with Crippen molar-refractivity contribution in [3.05, 3.63) is 59.7 Å². The Balaban J connectivity index is 2.00. The van der Waals surface area contributed by atoms with Crippen molar-refractivity contribution in [2.45, 2.75) is 32.9 Å². The summed E-state index contributed by atoms with van der Waals surface area (Å²) in [6, 6.07) is 16.4. The van der Waals surface area contributed by atoms with E-state index in [1.54, 1.807) is 0 Å². The highest BCUT2D eigenvalue weighted by molar-refractivity contribution is 5.35. The maximum absolute atomic E-state index is 8.91. The highest BCUT2D eigenvalue weighted by Crippen LogP contribution is 2.22. The Morgan fingerprint density at radius 3 is 2.43 bits per heavy atom. The van der Waals surface area contributed by atoms with E-state index >= 15 is 0 Å². The summed E-state index contributed by atoms with van der Waals surface area (Å²) >= 11 is 0. The zero-order valence-corrected chi connectivity index (χ0v) is 12.7. The highest BCUT2D eigenvalue weighted by Gasteiger charge is 2.01. The third-order valence-electron chi connectivity index (χ3n) is 3.17. The first kappa shape index (κ1) is 15.5. The molecule has 0 spiro atoms. The second kappa shape index (κ2) is 7.81. The third-order valence-corrected chi connectivity index (χ3v) is 3.17. The van der Waals surface area contributed by atoms with E-state index in [9.17, 15) is 0 Å². The highest BCUT2D eigenvalue weighted by atomic mass is 16.5. The van der Waals surface area contributed by atoms with Gasteiger partial charge in [-0.25, -0.2) is 0 Å². The van der Waals surface area contributed by atoms with E-state index in [0.717, 1.165) is 23.6 Å². The molecule has 0 aromatic heterocycles. The molecule has 0 aliphatic heterocycles. The summed E-state index contributed by atoms with van der Waals surface area (Å²) in [6.45, 7) is 5.28. The Morgan fingerprint density at radius 2 is 1.76 bits per heavy atom. The third kappa shape index (κ3) is 5.21. The van der Waals surface area contributed by atoms with Gasteiger partial charge in [0.2, 0.25) is 0 Å². The molecular weight excluding hydrogens is 262 g/mol. The van der Waals surface area contributed by atoms with Gasteiger partial charge in [0.25, 0.3) is 0 Å². The first-order valence-electron chi connectivity index (χ1n) is 7.37. The number of aliphatic hydroxyl groups excluding tert-OH is 1. The van der Waals surface area contributed by atoms with Crippen LogP contribution in [0.3, 0.4) is 0 Å². The van der Waals surface area contributed by atoms with Crippen LogP contribution in [-0.4, -0.2) is 17.8 Å². The molecule has 0 heterocycles. The average molecular weight is 285 g/mol. The molecule has 2 aromatic carbocycles. The summed E-state index contributed by atoms with van der Waals surface area (Å²) in [7, 11) is 0. The maximum Gasteiger partial charge on any atom is 0.127 e. The van der Waals surface area contributed by atoms with Crippen LogP contribution in [0.5, 0.6) is 11.5 Å². The van der Waals surface area contributed by atoms with Gasteiger partial charge in [0.15, 0.2) is 0 Å². The van der Waals surface area contributed by atoms with E-state index in [2.05, 4.69) is 31.3 Å². The van der Waals surface area contributed by atoms with E-state index in [1.165, 1.54) is 5.56 Å². The van der Waals surface area contributed by atoms with Crippen LogP contribution in [0.2, 0.25) is 0 Å². The molecule has 2 rings (SSSR count). The Labute approximate surface area is 126 Å². The molecule has 0 unspecified atom stereocenters. The van der Waals surface area contributed by atoms with Crippen LogP contribution in [0.25, 0.3) is 0 Å². The molecule has 0 bridgehead atoms. The first-order chi connectivity index (χ1) is 10.2. The molecule has 0 aliphatic carbocycles. The van der Waals surface area contributed by atoms with Crippen molar-refractivity contribution >= 4 is 0 Å². The van der Waals surface area contributed by atoms with Gasteiger partial charge in [-0.05, 0) is 41.8 Å². The van der Waals surface area contributed by atoms with Gasteiger partial charge in [0, 0.05) is 19.2 Å². The van der Waals surface area contributed by atoms with Crippen LogP contribution in [0.4, 0.5) is 0 Å². The van der Waals surface area contributed by atoms with Gasteiger partial charge in [-0.3, -0.25) is 0 Å². The first-order valence-corrected chi connectivity index (χ1v) is 7.37. The number of benzene rings is 2. The molecule has 0 radical (unpaired) electrons. The normalized spacial score (nSPS) is 10.9. The summed E-state index contributed by atoms with van der Waals surface area (Å²) < 4.78 is 5.87. The molecule has 0 atom stereocenters. The van der Waals surface area contributed by atoms with E-state index in [0.29, 0.717) is 12.5 Å². The predicted octanol–water partition coefficient (Wildman–Crippen LogP) is 3.51. The van der Waals surface area contributed by atoms with Gasteiger partial charge in [0.1, 0.15) is 11.5 Å². The minimum Gasteiger partial charge on any atom is -0.457 e. The monoisotopic (exact) mass is 285 g/mol. The number of ether oxygens (including phenoxy) is 1. The fourth-order valence-electron chi connectivity index (χ4n) is 2.03. The van der Waals surface area contributed by atoms with Crippen LogP contribution in [0, 0.1) is 0 Å². The Hall–Kier alpha value is -1.84. The van der Waals surface area contributed by atoms with Gasteiger partial charge >= 0.3 is 0 Å². The second-order valence-electron chi connectivity index (χ2n) is 5.40. The largest absolute Gasteiger partial charge is 0.457 e. The Bertz CT molecular complexity index is 549. The maximum atomic E-state index is 8.91. The van der Waals surface area contributed by atoms with Crippen LogP contribution < -0.4 is 10.1 Å². The van der Waals surface area contributed by atoms with E-state index < -0.39 is 0 Å². The van der Waals surface area contributed by atoms with Gasteiger partial charge in [-0.2, -0.15) is 0 Å². The molecule has 0 saturated carbocycles. The fourth-order valence-corrected chi connectivity index (χ4v) is 2.03. The molecule has 0 saturated heterocycles. The van der Waals surface area contributed by atoms with Crippen molar-refractivity contribution < 1.29 is 9.84 Å². The molecule has 3 heteroatoms.